The molecular weight excluding hydrogens is 279 g/mol. The summed E-state index contributed by atoms with van der Waals surface area (Å²) < 4.78 is 38.8. The van der Waals surface area contributed by atoms with Crippen molar-refractivity contribution in [2.45, 2.75) is 6.42 Å². The third kappa shape index (κ3) is 4.24. The van der Waals surface area contributed by atoms with E-state index in [9.17, 15) is 13.2 Å². The van der Waals surface area contributed by atoms with E-state index in [1.165, 1.54) is 0 Å². The largest absolute Gasteiger partial charge is 0.370 e. The van der Waals surface area contributed by atoms with Crippen LogP contribution < -0.4 is 11.1 Å². The standard InChI is InChI=1S/C15H14F3N3/c16-12-8-10(9-13(17)14(12)18)6-7-20-15(19)21-11-4-2-1-3-5-11/h1-5,8-9H,6-7H2,(H3,19,20,21). The molecule has 2 rings (SSSR count). The van der Waals surface area contributed by atoms with E-state index >= 15 is 0 Å². The summed E-state index contributed by atoms with van der Waals surface area (Å²) in [6.07, 6.45) is 0.255. The van der Waals surface area contributed by atoms with Gasteiger partial charge in [-0.05, 0) is 36.2 Å². The second-order valence-electron chi connectivity index (χ2n) is 4.38. The van der Waals surface area contributed by atoms with Gasteiger partial charge in [0.2, 0.25) is 0 Å². The van der Waals surface area contributed by atoms with E-state index in [-0.39, 0.29) is 18.9 Å². The van der Waals surface area contributed by atoms with Crippen LogP contribution in [0, 0.1) is 17.5 Å². The normalized spacial score (nSPS) is 11.5. The number of aliphatic imine (C=N–C) groups is 1. The number of halogens is 3. The Kier molecular flexibility index (Phi) is 4.81. The Morgan fingerprint density at radius 1 is 1.05 bits per heavy atom. The van der Waals surface area contributed by atoms with Crippen LogP contribution in [0.15, 0.2) is 47.5 Å². The zero-order valence-corrected chi connectivity index (χ0v) is 11.1. The summed E-state index contributed by atoms with van der Waals surface area (Å²) in [4.78, 5) is 4.04. The summed E-state index contributed by atoms with van der Waals surface area (Å²) in [5.74, 6) is -3.68. The molecule has 0 aliphatic carbocycles. The molecule has 21 heavy (non-hydrogen) atoms. The molecule has 3 nitrogen and oxygen atoms in total. The van der Waals surface area contributed by atoms with E-state index in [2.05, 4.69) is 10.3 Å². The first kappa shape index (κ1) is 14.9. The van der Waals surface area contributed by atoms with E-state index in [1.54, 1.807) is 0 Å². The highest BCUT2D eigenvalue weighted by atomic mass is 19.2. The fourth-order valence-corrected chi connectivity index (χ4v) is 1.77. The number of rotatable bonds is 4. The van der Waals surface area contributed by atoms with E-state index in [0.29, 0.717) is 5.56 Å². The average molecular weight is 293 g/mol. The number of guanidine groups is 1. The van der Waals surface area contributed by atoms with Gasteiger partial charge in [0.05, 0.1) is 0 Å². The van der Waals surface area contributed by atoms with Crippen LogP contribution >= 0.6 is 0 Å². The fraction of sp³-hybridized carbons (Fsp3) is 0.133. The molecule has 0 spiro atoms. The third-order valence-corrected chi connectivity index (χ3v) is 2.77. The maximum atomic E-state index is 13.0. The van der Waals surface area contributed by atoms with Gasteiger partial charge in [-0.25, -0.2) is 13.2 Å². The average Bonchev–Trinajstić information content (AvgIpc) is 2.45. The van der Waals surface area contributed by atoms with Crippen molar-refractivity contribution in [2.24, 2.45) is 10.7 Å². The van der Waals surface area contributed by atoms with E-state index in [0.717, 1.165) is 17.8 Å². The van der Waals surface area contributed by atoms with Crippen molar-refractivity contribution in [3.63, 3.8) is 0 Å². The number of hydrogen-bond donors (Lipinski definition) is 2. The van der Waals surface area contributed by atoms with Crippen molar-refractivity contribution < 1.29 is 13.2 Å². The van der Waals surface area contributed by atoms with Crippen LogP contribution in [-0.2, 0) is 6.42 Å². The molecule has 6 heteroatoms. The predicted molar refractivity (Wildman–Crippen MR) is 76.6 cm³/mol. The molecule has 3 N–H and O–H groups in total. The van der Waals surface area contributed by atoms with Crippen molar-refractivity contribution in [2.75, 3.05) is 11.9 Å². The number of para-hydroxylation sites is 1. The maximum Gasteiger partial charge on any atom is 0.194 e. The van der Waals surface area contributed by atoms with E-state index < -0.39 is 17.5 Å². The second-order valence-corrected chi connectivity index (χ2v) is 4.38. The van der Waals surface area contributed by atoms with Crippen LogP contribution in [0.2, 0.25) is 0 Å². The molecule has 0 heterocycles. The summed E-state index contributed by atoms with van der Waals surface area (Å²) in [5.41, 5.74) is 6.80. The minimum Gasteiger partial charge on any atom is -0.370 e. The lowest BCUT2D eigenvalue weighted by Crippen LogP contribution is -2.23. The Bertz CT molecular complexity index is 619. The number of anilines is 1. The van der Waals surface area contributed by atoms with Gasteiger partial charge < -0.3 is 11.1 Å². The fourth-order valence-electron chi connectivity index (χ4n) is 1.77. The zero-order valence-electron chi connectivity index (χ0n) is 11.1. The molecule has 110 valence electrons. The Balaban J connectivity index is 1.93. The van der Waals surface area contributed by atoms with Crippen LogP contribution in [0.4, 0.5) is 18.9 Å². The first-order chi connectivity index (χ1) is 10.1. The minimum atomic E-state index is -1.47. The quantitative estimate of drug-likeness (QED) is 0.517. The molecule has 0 saturated heterocycles. The SMILES string of the molecule is NC(=NCCc1cc(F)c(F)c(F)c1)Nc1ccccc1. The van der Waals surface area contributed by atoms with Gasteiger partial charge >= 0.3 is 0 Å². The van der Waals surface area contributed by atoms with Crippen LogP contribution in [0.25, 0.3) is 0 Å². The number of hydrogen-bond acceptors (Lipinski definition) is 1. The third-order valence-electron chi connectivity index (χ3n) is 2.77. The molecule has 0 radical (unpaired) electrons. The Hall–Kier alpha value is -2.50. The highest BCUT2D eigenvalue weighted by Gasteiger charge is 2.10. The molecule has 0 saturated carbocycles. The summed E-state index contributed by atoms with van der Waals surface area (Å²) >= 11 is 0. The first-order valence-corrected chi connectivity index (χ1v) is 6.31. The summed E-state index contributed by atoms with van der Waals surface area (Å²) in [7, 11) is 0. The van der Waals surface area contributed by atoms with Gasteiger partial charge in [0.25, 0.3) is 0 Å². The van der Waals surface area contributed by atoms with Gasteiger partial charge in [0.1, 0.15) is 0 Å². The topological polar surface area (TPSA) is 50.4 Å². The van der Waals surface area contributed by atoms with Gasteiger partial charge in [-0.2, -0.15) is 0 Å². The maximum absolute atomic E-state index is 13.0. The van der Waals surface area contributed by atoms with E-state index in [1.807, 2.05) is 30.3 Å². The smallest absolute Gasteiger partial charge is 0.194 e. The number of nitrogens with two attached hydrogens (primary N) is 1. The minimum absolute atomic E-state index is 0.198. The molecule has 0 atom stereocenters. The first-order valence-electron chi connectivity index (χ1n) is 6.31. The van der Waals surface area contributed by atoms with Crippen molar-refractivity contribution in [1.82, 2.24) is 0 Å². The van der Waals surface area contributed by atoms with Crippen LogP contribution in [0.1, 0.15) is 5.56 Å². The molecule has 0 amide bonds. The number of benzene rings is 2. The molecule has 2 aromatic carbocycles. The molecule has 0 bridgehead atoms. The van der Waals surface area contributed by atoms with Crippen molar-refractivity contribution in [3.8, 4) is 0 Å². The van der Waals surface area contributed by atoms with Crippen molar-refractivity contribution in [1.29, 1.82) is 0 Å². The summed E-state index contributed by atoms with van der Waals surface area (Å²) in [6, 6.07) is 11.1. The molecule has 2 aromatic rings. The Morgan fingerprint density at radius 2 is 1.67 bits per heavy atom. The monoisotopic (exact) mass is 293 g/mol. The predicted octanol–water partition coefficient (Wildman–Crippen LogP) is 3.07. The molecule has 0 aliphatic rings. The van der Waals surface area contributed by atoms with Gasteiger partial charge in [-0.1, -0.05) is 18.2 Å². The molecule has 0 fully saturated rings. The molecule has 0 unspecified atom stereocenters. The lowest BCUT2D eigenvalue weighted by atomic mass is 10.1. The Labute approximate surface area is 120 Å². The Morgan fingerprint density at radius 3 is 2.29 bits per heavy atom. The highest BCUT2D eigenvalue weighted by molar-refractivity contribution is 5.92. The van der Waals surface area contributed by atoms with Gasteiger partial charge in [0, 0.05) is 12.2 Å². The van der Waals surface area contributed by atoms with Gasteiger partial charge in [-0.15, -0.1) is 0 Å². The second kappa shape index (κ2) is 6.78. The van der Waals surface area contributed by atoms with E-state index in [4.69, 9.17) is 5.73 Å². The van der Waals surface area contributed by atoms with Crippen LogP contribution in [0.5, 0.6) is 0 Å². The van der Waals surface area contributed by atoms with Gasteiger partial charge in [0.15, 0.2) is 23.4 Å². The van der Waals surface area contributed by atoms with Crippen LogP contribution in [0.3, 0.4) is 0 Å². The van der Waals surface area contributed by atoms with Crippen LogP contribution in [-0.4, -0.2) is 12.5 Å². The zero-order chi connectivity index (χ0) is 15.2. The molecule has 0 aliphatic heterocycles. The summed E-state index contributed by atoms with van der Waals surface area (Å²) in [5, 5.41) is 2.88. The lowest BCUT2D eigenvalue weighted by molar-refractivity contribution is 0.445. The number of nitrogens with zero attached hydrogens (tertiary/aromatic N) is 1. The lowest BCUT2D eigenvalue weighted by Gasteiger charge is -2.05. The number of nitrogens with one attached hydrogen (secondary N) is 1. The van der Waals surface area contributed by atoms with Crippen molar-refractivity contribution >= 4 is 11.6 Å². The molecule has 0 aromatic heterocycles. The van der Waals surface area contributed by atoms with Crippen molar-refractivity contribution in [3.05, 3.63) is 65.5 Å². The summed E-state index contributed by atoms with van der Waals surface area (Å²) in [6.45, 7) is 0.232. The van der Waals surface area contributed by atoms with Gasteiger partial charge in [-0.3, -0.25) is 4.99 Å². The highest BCUT2D eigenvalue weighted by Crippen LogP contribution is 2.14. The molecular formula is C15H14F3N3.